The van der Waals surface area contributed by atoms with Crippen molar-refractivity contribution in [2.75, 3.05) is 13.6 Å². The monoisotopic (exact) mass is 253 g/mol. The van der Waals surface area contributed by atoms with Gasteiger partial charge in [-0.15, -0.1) is 21.5 Å². The number of hydrogen-bond donors (Lipinski definition) is 1. The molecular formula is C13H23N3S. The Hall–Kier alpha value is -0.480. The zero-order valence-electron chi connectivity index (χ0n) is 10.7. The van der Waals surface area contributed by atoms with Gasteiger partial charge in [0.25, 0.3) is 0 Å². The molecule has 0 spiro atoms. The van der Waals surface area contributed by atoms with Crippen LogP contribution in [0.4, 0.5) is 0 Å². The molecule has 0 atom stereocenters. The number of nitrogens with one attached hydrogen (secondary N) is 1. The summed E-state index contributed by atoms with van der Waals surface area (Å²) in [5.74, 6) is 0.952. The standard InChI is InChI=1S/C13H23N3S/c1-14-10-9-13-16-15-12(17-13)8-7-11-5-3-2-4-6-11/h11,14H,2-10H2,1H3. The Morgan fingerprint density at radius 3 is 2.53 bits per heavy atom. The van der Waals surface area contributed by atoms with E-state index in [0.717, 1.165) is 25.3 Å². The minimum atomic E-state index is 0.952. The molecule has 1 aliphatic carbocycles. The lowest BCUT2D eigenvalue weighted by molar-refractivity contribution is 0.339. The fourth-order valence-electron chi connectivity index (χ4n) is 2.53. The van der Waals surface area contributed by atoms with Crippen molar-refractivity contribution in [3.8, 4) is 0 Å². The molecule has 1 aliphatic rings. The van der Waals surface area contributed by atoms with Crippen molar-refractivity contribution in [3.63, 3.8) is 0 Å². The Morgan fingerprint density at radius 1 is 1.12 bits per heavy atom. The van der Waals surface area contributed by atoms with Crippen molar-refractivity contribution in [2.24, 2.45) is 5.92 Å². The Kier molecular flexibility index (Phi) is 5.39. The average Bonchev–Trinajstić information content (AvgIpc) is 2.83. The molecule has 0 saturated heterocycles. The molecule has 1 fully saturated rings. The molecule has 1 N–H and O–H groups in total. The summed E-state index contributed by atoms with van der Waals surface area (Å²) in [5.41, 5.74) is 0. The van der Waals surface area contributed by atoms with E-state index in [1.54, 1.807) is 11.3 Å². The maximum atomic E-state index is 4.29. The third-order valence-corrected chi connectivity index (χ3v) is 4.63. The summed E-state index contributed by atoms with van der Waals surface area (Å²) < 4.78 is 0. The Balaban J connectivity index is 1.72. The van der Waals surface area contributed by atoms with Crippen molar-refractivity contribution >= 4 is 11.3 Å². The lowest BCUT2D eigenvalue weighted by Crippen LogP contribution is -2.09. The van der Waals surface area contributed by atoms with Gasteiger partial charge < -0.3 is 5.32 Å². The normalized spacial score (nSPS) is 17.5. The Bertz CT molecular complexity index is 318. The highest BCUT2D eigenvalue weighted by Crippen LogP contribution is 2.27. The molecule has 3 nitrogen and oxygen atoms in total. The molecule has 1 saturated carbocycles. The summed E-state index contributed by atoms with van der Waals surface area (Å²) in [6, 6.07) is 0. The summed E-state index contributed by atoms with van der Waals surface area (Å²) >= 11 is 1.80. The van der Waals surface area contributed by atoms with Gasteiger partial charge in [-0.3, -0.25) is 0 Å². The SMILES string of the molecule is CNCCc1nnc(CCC2CCCCC2)s1. The number of aromatic nitrogens is 2. The molecule has 1 heterocycles. The number of hydrogen-bond acceptors (Lipinski definition) is 4. The Morgan fingerprint density at radius 2 is 1.82 bits per heavy atom. The van der Waals surface area contributed by atoms with Crippen molar-refractivity contribution in [2.45, 2.75) is 51.4 Å². The van der Waals surface area contributed by atoms with Gasteiger partial charge in [-0.2, -0.15) is 0 Å². The predicted octanol–water partition coefficient (Wildman–Crippen LogP) is 2.81. The van der Waals surface area contributed by atoms with Crippen LogP contribution in [0.25, 0.3) is 0 Å². The van der Waals surface area contributed by atoms with Crippen LogP contribution in [0.2, 0.25) is 0 Å². The highest BCUT2D eigenvalue weighted by molar-refractivity contribution is 7.11. The third-order valence-electron chi connectivity index (χ3n) is 3.59. The van der Waals surface area contributed by atoms with E-state index in [9.17, 15) is 0 Å². The summed E-state index contributed by atoms with van der Waals surface area (Å²) in [6.07, 6.45) is 10.7. The van der Waals surface area contributed by atoms with Crippen LogP contribution in [0.15, 0.2) is 0 Å². The van der Waals surface area contributed by atoms with Gasteiger partial charge in [0.05, 0.1) is 0 Å². The molecule has 2 rings (SSSR count). The van der Waals surface area contributed by atoms with Crippen molar-refractivity contribution < 1.29 is 0 Å². The summed E-state index contributed by atoms with van der Waals surface area (Å²) in [4.78, 5) is 0. The van der Waals surface area contributed by atoms with Crippen LogP contribution in [0.3, 0.4) is 0 Å². The minimum absolute atomic E-state index is 0.952. The van der Waals surface area contributed by atoms with E-state index in [1.165, 1.54) is 48.5 Å². The van der Waals surface area contributed by atoms with Crippen LogP contribution >= 0.6 is 11.3 Å². The molecule has 0 radical (unpaired) electrons. The fourth-order valence-corrected chi connectivity index (χ4v) is 3.39. The van der Waals surface area contributed by atoms with E-state index in [1.807, 2.05) is 7.05 Å². The molecule has 17 heavy (non-hydrogen) atoms. The van der Waals surface area contributed by atoms with Crippen molar-refractivity contribution in [3.05, 3.63) is 10.0 Å². The van der Waals surface area contributed by atoms with Gasteiger partial charge in [-0.05, 0) is 19.4 Å². The quantitative estimate of drug-likeness (QED) is 0.847. The van der Waals surface area contributed by atoms with E-state index in [4.69, 9.17) is 0 Å². The van der Waals surface area contributed by atoms with Crippen molar-refractivity contribution in [1.29, 1.82) is 0 Å². The summed E-state index contributed by atoms with van der Waals surface area (Å²) in [6.45, 7) is 0.997. The van der Waals surface area contributed by atoms with Crippen LogP contribution in [0, 0.1) is 5.92 Å². The van der Waals surface area contributed by atoms with Gasteiger partial charge in [0.2, 0.25) is 0 Å². The molecule has 1 aromatic rings. The van der Waals surface area contributed by atoms with E-state index in [2.05, 4.69) is 15.5 Å². The number of nitrogens with zero attached hydrogens (tertiary/aromatic N) is 2. The summed E-state index contributed by atoms with van der Waals surface area (Å²) in [5, 5.41) is 14.1. The second kappa shape index (κ2) is 7.07. The van der Waals surface area contributed by atoms with Gasteiger partial charge in [-0.1, -0.05) is 32.1 Å². The van der Waals surface area contributed by atoms with Gasteiger partial charge in [0.15, 0.2) is 0 Å². The van der Waals surface area contributed by atoms with Gasteiger partial charge in [-0.25, -0.2) is 0 Å². The van der Waals surface area contributed by atoms with E-state index in [0.29, 0.717) is 0 Å². The second-order valence-electron chi connectivity index (χ2n) is 4.99. The highest BCUT2D eigenvalue weighted by atomic mass is 32.1. The maximum absolute atomic E-state index is 4.29. The largest absolute Gasteiger partial charge is 0.319 e. The first kappa shape index (κ1) is 13.0. The highest BCUT2D eigenvalue weighted by Gasteiger charge is 2.14. The minimum Gasteiger partial charge on any atom is -0.319 e. The summed E-state index contributed by atoms with van der Waals surface area (Å²) in [7, 11) is 1.98. The molecule has 4 heteroatoms. The van der Waals surface area contributed by atoms with Gasteiger partial charge >= 0.3 is 0 Å². The molecule has 1 aromatic heterocycles. The first-order valence-electron chi connectivity index (χ1n) is 6.84. The molecule has 0 unspecified atom stereocenters. The van der Waals surface area contributed by atoms with Crippen LogP contribution in [0.5, 0.6) is 0 Å². The maximum Gasteiger partial charge on any atom is 0.118 e. The zero-order chi connectivity index (χ0) is 11.9. The molecule has 0 bridgehead atoms. The van der Waals surface area contributed by atoms with E-state index >= 15 is 0 Å². The van der Waals surface area contributed by atoms with Gasteiger partial charge in [0, 0.05) is 19.4 Å². The molecule has 0 aromatic carbocycles. The third kappa shape index (κ3) is 4.36. The zero-order valence-corrected chi connectivity index (χ0v) is 11.6. The number of likely N-dealkylation sites (N-methyl/N-ethyl adjacent to an activating group) is 1. The van der Waals surface area contributed by atoms with Crippen LogP contribution in [-0.2, 0) is 12.8 Å². The lowest BCUT2D eigenvalue weighted by Gasteiger charge is -2.20. The molecule has 96 valence electrons. The topological polar surface area (TPSA) is 37.8 Å². The fraction of sp³-hybridized carbons (Fsp3) is 0.846. The molecule has 0 amide bonds. The van der Waals surface area contributed by atoms with Crippen LogP contribution in [0.1, 0.15) is 48.5 Å². The van der Waals surface area contributed by atoms with Crippen LogP contribution < -0.4 is 5.32 Å². The number of rotatable bonds is 6. The average molecular weight is 253 g/mol. The second-order valence-corrected chi connectivity index (χ2v) is 6.13. The van der Waals surface area contributed by atoms with Gasteiger partial charge in [0.1, 0.15) is 10.0 Å². The predicted molar refractivity (Wildman–Crippen MR) is 72.4 cm³/mol. The number of aryl methyl sites for hydroxylation is 1. The Labute approximate surface area is 108 Å². The van der Waals surface area contributed by atoms with E-state index in [-0.39, 0.29) is 0 Å². The van der Waals surface area contributed by atoms with Crippen molar-refractivity contribution in [1.82, 2.24) is 15.5 Å². The smallest absolute Gasteiger partial charge is 0.118 e. The van der Waals surface area contributed by atoms with Crippen LogP contribution in [-0.4, -0.2) is 23.8 Å². The lowest BCUT2D eigenvalue weighted by atomic mass is 9.86. The van der Waals surface area contributed by atoms with E-state index < -0.39 is 0 Å². The first-order chi connectivity index (χ1) is 8.38. The molecular weight excluding hydrogens is 230 g/mol. The first-order valence-corrected chi connectivity index (χ1v) is 7.66. The molecule has 0 aliphatic heterocycles.